The summed E-state index contributed by atoms with van der Waals surface area (Å²) in [5.41, 5.74) is 1.11. The Hall–Kier alpha value is -1.26. The normalized spacial score (nSPS) is 22.0. The summed E-state index contributed by atoms with van der Waals surface area (Å²) in [7, 11) is 1.68. The maximum absolute atomic E-state index is 9.71. The van der Waals surface area contributed by atoms with Crippen LogP contribution in [0, 0.1) is 5.92 Å². The number of benzene rings is 1. The predicted octanol–water partition coefficient (Wildman–Crippen LogP) is 2.73. The molecule has 0 bridgehead atoms. The predicted molar refractivity (Wildman–Crippen MR) is 83.8 cm³/mol. The first kappa shape index (κ1) is 16.1. The second-order valence-corrected chi connectivity index (χ2v) is 5.70. The second kappa shape index (κ2) is 8.25. The average Bonchev–Trinajstić information content (AvgIpc) is 2.48. The third-order valence-electron chi connectivity index (χ3n) is 4.07. The minimum absolute atomic E-state index is 0.110. The number of aliphatic hydroxyl groups excluding tert-OH is 1. The van der Waals surface area contributed by atoms with Crippen molar-refractivity contribution in [3.8, 4) is 11.5 Å². The summed E-state index contributed by atoms with van der Waals surface area (Å²) in [5, 5.41) is 13.2. The van der Waals surface area contributed by atoms with Crippen molar-refractivity contribution in [2.75, 3.05) is 20.3 Å². The zero-order valence-corrected chi connectivity index (χ0v) is 13.1. The highest BCUT2D eigenvalue weighted by atomic mass is 16.5. The van der Waals surface area contributed by atoms with Crippen LogP contribution in [-0.2, 0) is 6.54 Å². The largest absolute Gasteiger partial charge is 0.493 e. The molecule has 2 unspecified atom stereocenters. The number of methoxy groups -OCH3 is 1. The van der Waals surface area contributed by atoms with Crippen LogP contribution >= 0.6 is 0 Å². The van der Waals surface area contributed by atoms with Crippen molar-refractivity contribution in [3.63, 3.8) is 0 Å². The Morgan fingerprint density at radius 2 is 2.19 bits per heavy atom. The molecule has 21 heavy (non-hydrogen) atoms. The highest BCUT2D eigenvalue weighted by molar-refractivity contribution is 5.46. The summed E-state index contributed by atoms with van der Waals surface area (Å²) in [5.74, 6) is 2.19. The smallest absolute Gasteiger partial charge is 0.165 e. The van der Waals surface area contributed by atoms with Gasteiger partial charge in [-0.05, 0) is 44.7 Å². The number of para-hydroxylation sites is 1. The Balaban J connectivity index is 1.89. The van der Waals surface area contributed by atoms with E-state index in [0.717, 1.165) is 49.4 Å². The molecule has 1 fully saturated rings. The summed E-state index contributed by atoms with van der Waals surface area (Å²) >= 11 is 0. The molecule has 0 saturated heterocycles. The van der Waals surface area contributed by atoms with Crippen LogP contribution in [0.2, 0.25) is 0 Å². The molecule has 1 aliphatic rings. The van der Waals surface area contributed by atoms with Crippen molar-refractivity contribution in [1.82, 2.24) is 5.32 Å². The lowest BCUT2D eigenvalue weighted by Gasteiger charge is -2.26. The maximum atomic E-state index is 9.71. The molecular weight excluding hydrogens is 266 g/mol. The van der Waals surface area contributed by atoms with Gasteiger partial charge in [-0.15, -0.1) is 0 Å². The van der Waals surface area contributed by atoms with Gasteiger partial charge in [-0.25, -0.2) is 0 Å². The second-order valence-electron chi connectivity index (χ2n) is 5.70. The minimum atomic E-state index is -0.110. The van der Waals surface area contributed by atoms with Gasteiger partial charge in [0.15, 0.2) is 11.5 Å². The third kappa shape index (κ3) is 4.61. The molecule has 2 atom stereocenters. The monoisotopic (exact) mass is 293 g/mol. The lowest BCUT2D eigenvalue weighted by molar-refractivity contribution is 0.101. The van der Waals surface area contributed by atoms with E-state index in [0.29, 0.717) is 12.5 Å². The standard InChI is InChI=1S/C17H27NO3/c1-3-21-16-9-5-7-14(17(16)20-2)12-18-11-13-6-4-8-15(19)10-13/h5,7,9,13,15,18-19H,3-4,6,8,10-12H2,1-2H3. The van der Waals surface area contributed by atoms with E-state index in [1.54, 1.807) is 7.11 Å². The van der Waals surface area contributed by atoms with Crippen LogP contribution in [0.4, 0.5) is 0 Å². The fourth-order valence-electron chi connectivity index (χ4n) is 3.06. The highest BCUT2D eigenvalue weighted by Crippen LogP contribution is 2.31. The number of aliphatic hydroxyl groups is 1. The van der Waals surface area contributed by atoms with Gasteiger partial charge >= 0.3 is 0 Å². The Bertz CT molecular complexity index is 436. The van der Waals surface area contributed by atoms with E-state index in [1.807, 2.05) is 19.1 Å². The summed E-state index contributed by atoms with van der Waals surface area (Å²) in [6.45, 7) is 4.31. The molecular formula is C17H27NO3. The van der Waals surface area contributed by atoms with Crippen LogP contribution in [0.5, 0.6) is 11.5 Å². The van der Waals surface area contributed by atoms with Crippen LogP contribution in [0.25, 0.3) is 0 Å². The molecule has 4 heteroatoms. The Labute approximate surface area is 127 Å². The first-order valence-electron chi connectivity index (χ1n) is 7.92. The van der Waals surface area contributed by atoms with Gasteiger partial charge in [-0.1, -0.05) is 18.6 Å². The average molecular weight is 293 g/mol. The molecule has 118 valence electrons. The van der Waals surface area contributed by atoms with Gasteiger partial charge in [0.2, 0.25) is 0 Å². The molecule has 1 aromatic rings. The molecule has 0 spiro atoms. The number of ether oxygens (including phenoxy) is 2. The van der Waals surface area contributed by atoms with Gasteiger partial charge in [0.25, 0.3) is 0 Å². The van der Waals surface area contributed by atoms with Crippen molar-refractivity contribution < 1.29 is 14.6 Å². The van der Waals surface area contributed by atoms with E-state index < -0.39 is 0 Å². The van der Waals surface area contributed by atoms with E-state index in [-0.39, 0.29) is 6.10 Å². The van der Waals surface area contributed by atoms with Gasteiger partial charge in [0.05, 0.1) is 19.8 Å². The number of hydrogen-bond acceptors (Lipinski definition) is 4. The molecule has 2 N–H and O–H groups in total. The summed E-state index contributed by atoms with van der Waals surface area (Å²) in [4.78, 5) is 0. The summed E-state index contributed by atoms with van der Waals surface area (Å²) < 4.78 is 11.1. The number of nitrogens with one attached hydrogen (secondary N) is 1. The van der Waals surface area contributed by atoms with E-state index in [1.165, 1.54) is 6.42 Å². The topological polar surface area (TPSA) is 50.7 Å². The maximum Gasteiger partial charge on any atom is 0.165 e. The van der Waals surface area contributed by atoms with E-state index in [2.05, 4.69) is 11.4 Å². The van der Waals surface area contributed by atoms with Gasteiger partial charge in [0.1, 0.15) is 0 Å². The van der Waals surface area contributed by atoms with Gasteiger partial charge < -0.3 is 19.9 Å². The van der Waals surface area contributed by atoms with E-state index in [9.17, 15) is 5.11 Å². The molecule has 0 aromatic heterocycles. The molecule has 0 aliphatic heterocycles. The van der Waals surface area contributed by atoms with Crippen molar-refractivity contribution in [1.29, 1.82) is 0 Å². The molecule has 0 radical (unpaired) electrons. The molecule has 1 aromatic carbocycles. The zero-order chi connectivity index (χ0) is 15.1. The Morgan fingerprint density at radius 3 is 2.90 bits per heavy atom. The quantitative estimate of drug-likeness (QED) is 0.811. The molecule has 0 amide bonds. The van der Waals surface area contributed by atoms with Crippen LogP contribution in [-0.4, -0.2) is 31.5 Å². The number of hydrogen-bond donors (Lipinski definition) is 2. The first-order valence-corrected chi connectivity index (χ1v) is 7.92. The van der Waals surface area contributed by atoms with E-state index in [4.69, 9.17) is 9.47 Å². The minimum Gasteiger partial charge on any atom is -0.493 e. The first-order chi connectivity index (χ1) is 10.2. The van der Waals surface area contributed by atoms with Crippen LogP contribution in [0.3, 0.4) is 0 Å². The lowest BCUT2D eigenvalue weighted by Crippen LogP contribution is -2.29. The van der Waals surface area contributed by atoms with Crippen molar-refractivity contribution in [2.45, 2.75) is 45.3 Å². The van der Waals surface area contributed by atoms with E-state index >= 15 is 0 Å². The van der Waals surface area contributed by atoms with Crippen LogP contribution in [0.15, 0.2) is 18.2 Å². The van der Waals surface area contributed by atoms with Crippen molar-refractivity contribution in [2.24, 2.45) is 5.92 Å². The third-order valence-corrected chi connectivity index (χ3v) is 4.07. The number of rotatable bonds is 7. The lowest BCUT2D eigenvalue weighted by atomic mass is 9.87. The SMILES string of the molecule is CCOc1cccc(CNCC2CCCC(O)C2)c1OC. The Morgan fingerprint density at radius 1 is 1.33 bits per heavy atom. The molecule has 4 nitrogen and oxygen atoms in total. The van der Waals surface area contributed by atoms with Crippen LogP contribution in [0.1, 0.15) is 38.2 Å². The highest BCUT2D eigenvalue weighted by Gasteiger charge is 2.19. The molecule has 2 rings (SSSR count). The fourth-order valence-corrected chi connectivity index (χ4v) is 3.06. The summed E-state index contributed by atoms with van der Waals surface area (Å²) in [6, 6.07) is 5.99. The van der Waals surface area contributed by atoms with Gasteiger partial charge in [0, 0.05) is 12.1 Å². The van der Waals surface area contributed by atoms with Crippen LogP contribution < -0.4 is 14.8 Å². The molecule has 1 aliphatic carbocycles. The summed E-state index contributed by atoms with van der Waals surface area (Å²) in [6.07, 6.45) is 4.11. The Kier molecular flexibility index (Phi) is 6.33. The van der Waals surface area contributed by atoms with Gasteiger partial charge in [-0.2, -0.15) is 0 Å². The molecule has 1 saturated carbocycles. The fraction of sp³-hybridized carbons (Fsp3) is 0.647. The van der Waals surface area contributed by atoms with Crippen molar-refractivity contribution in [3.05, 3.63) is 23.8 Å². The van der Waals surface area contributed by atoms with Crippen molar-refractivity contribution >= 4 is 0 Å². The van der Waals surface area contributed by atoms with Gasteiger partial charge in [-0.3, -0.25) is 0 Å². The molecule has 0 heterocycles. The zero-order valence-electron chi connectivity index (χ0n) is 13.1.